The predicted octanol–water partition coefficient (Wildman–Crippen LogP) is 12.2. The lowest BCUT2D eigenvalue weighted by Gasteiger charge is -2.13. The zero-order chi connectivity index (χ0) is 31.6. The van der Waals surface area contributed by atoms with E-state index in [0.29, 0.717) is 0 Å². The second kappa shape index (κ2) is 10.7. The first kappa shape index (κ1) is 27.0. The molecule has 9 aromatic rings. The van der Waals surface area contributed by atoms with E-state index in [1.807, 2.05) is 0 Å². The molecule has 0 unspecified atom stereocenters. The van der Waals surface area contributed by atoms with E-state index in [0.717, 1.165) is 18.5 Å². The number of rotatable bonds is 4. The first-order chi connectivity index (χ1) is 23.8. The number of benzene rings is 7. The molecule has 0 saturated heterocycles. The van der Waals surface area contributed by atoms with Gasteiger partial charge in [0.2, 0.25) is 0 Å². The van der Waals surface area contributed by atoms with E-state index in [-0.39, 0.29) is 0 Å². The zero-order valence-corrected chi connectivity index (χ0v) is 26.5. The second-order valence-electron chi connectivity index (χ2n) is 12.9. The van der Waals surface area contributed by atoms with Crippen LogP contribution in [0.15, 0.2) is 164 Å². The molecule has 1 aliphatic carbocycles. The van der Waals surface area contributed by atoms with Crippen LogP contribution in [0.2, 0.25) is 0 Å². The smallest absolute Gasteiger partial charge is 0.0548 e. The van der Waals surface area contributed by atoms with Crippen molar-refractivity contribution in [2.24, 2.45) is 0 Å². The third-order valence-corrected chi connectivity index (χ3v) is 10.2. The summed E-state index contributed by atoms with van der Waals surface area (Å²) in [6.07, 6.45) is 6.82. The molecule has 1 aliphatic rings. The molecule has 0 N–H and O–H groups in total. The lowest BCUT2D eigenvalue weighted by molar-refractivity contribution is 0.986. The Morgan fingerprint density at radius 1 is 0.396 bits per heavy atom. The van der Waals surface area contributed by atoms with Gasteiger partial charge in [-0.15, -0.1) is 0 Å². The number of allylic oxidation sites excluding steroid dienone is 1. The summed E-state index contributed by atoms with van der Waals surface area (Å²) in [6, 6.07) is 57.9. The van der Waals surface area contributed by atoms with Gasteiger partial charge in [0.15, 0.2) is 0 Å². The minimum absolute atomic E-state index is 1.14. The van der Waals surface area contributed by atoms with E-state index in [1.54, 1.807) is 0 Å². The van der Waals surface area contributed by atoms with Crippen LogP contribution in [0.4, 0.5) is 0 Å². The van der Waals surface area contributed by atoms with Gasteiger partial charge in [0, 0.05) is 32.9 Å². The molecule has 226 valence electrons. The van der Waals surface area contributed by atoms with Gasteiger partial charge in [0.1, 0.15) is 0 Å². The molecule has 0 spiro atoms. The summed E-state index contributed by atoms with van der Waals surface area (Å²) in [5.74, 6) is 0. The third kappa shape index (κ3) is 4.13. The standard InChI is InChI=1S/C46H32N2/c1-2-12-37(13-3-1)47-41-16-8-6-14-39(41)45-43(47)28-29-44-46(45)40-15-7-9-17-42(40)48(44)38-26-24-33(25-27-38)32-18-20-34(21-19-32)36-23-22-31-10-4-5-11-35(31)30-36/h1-3,5-9,11-30H,4,10H2. The van der Waals surface area contributed by atoms with Crippen molar-refractivity contribution in [1.29, 1.82) is 0 Å². The highest BCUT2D eigenvalue weighted by Crippen LogP contribution is 2.42. The quantitative estimate of drug-likeness (QED) is 0.187. The third-order valence-electron chi connectivity index (χ3n) is 10.2. The fourth-order valence-corrected chi connectivity index (χ4v) is 7.92. The minimum atomic E-state index is 1.14. The van der Waals surface area contributed by atoms with Crippen molar-refractivity contribution >= 4 is 49.7 Å². The molecule has 0 fully saturated rings. The summed E-state index contributed by atoms with van der Waals surface area (Å²) >= 11 is 0. The highest BCUT2D eigenvalue weighted by molar-refractivity contribution is 6.28. The SMILES string of the molecule is C1=Cc2cc(-c3ccc(-c4ccc(-n5c6ccccc6c6c7c8ccccc8n(-c8ccccc8)c7ccc65)cc4)cc3)ccc2CC1. The lowest BCUT2D eigenvalue weighted by atomic mass is 9.93. The maximum absolute atomic E-state index is 2.43. The average molecular weight is 613 g/mol. The Labute approximate surface area is 279 Å². The van der Waals surface area contributed by atoms with Crippen LogP contribution >= 0.6 is 0 Å². The van der Waals surface area contributed by atoms with Gasteiger partial charge in [-0.1, -0.05) is 115 Å². The van der Waals surface area contributed by atoms with Crippen molar-refractivity contribution in [3.05, 3.63) is 175 Å². The number of para-hydroxylation sites is 3. The summed E-state index contributed by atoms with van der Waals surface area (Å²) in [4.78, 5) is 0. The minimum Gasteiger partial charge on any atom is -0.309 e. The van der Waals surface area contributed by atoms with Gasteiger partial charge in [0.25, 0.3) is 0 Å². The van der Waals surface area contributed by atoms with Crippen molar-refractivity contribution in [3.8, 4) is 33.6 Å². The molecule has 48 heavy (non-hydrogen) atoms. The number of hydrogen-bond donors (Lipinski definition) is 0. The largest absolute Gasteiger partial charge is 0.309 e. The Morgan fingerprint density at radius 2 is 0.896 bits per heavy atom. The lowest BCUT2D eigenvalue weighted by Crippen LogP contribution is -1.95. The zero-order valence-electron chi connectivity index (χ0n) is 26.5. The van der Waals surface area contributed by atoms with Crippen LogP contribution in [-0.4, -0.2) is 9.13 Å². The van der Waals surface area contributed by atoms with Gasteiger partial charge in [-0.3, -0.25) is 0 Å². The molecule has 2 heteroatoms. The van der Waals surface area contributed by atoms with Crippen LogP contribution in [0.3, 0.4) is 0 Å². The van der Waals surface area contributed by atoms with E-state index < -0.39 is 0 Å². The van der Waals surface area contributed by atoms with E-state index in [1.165, 1.54) is 82.7 Å². The Balaban J connectivity index is 1.09. The Morgan fingerprint density at radius 3 is 1.52 bits per heavy atom. The number of hydrogen-bond acceptors (Lipinski definition) is 0. The fourth-order valence-electron chi connectivity index (χ4n) is 7.92. The molecule has 0 amide bonds. The summed E-state index contributed by atoms with van der Waals surface area (Å²) in [6.45, 7) is 0. The highest BCUT2D eigenvalue weighted by Gasteiger charge is 2.20. The van der Waals surface area contributed by atoms with E-state index in [9.17, 15) is 0 Å². The van der Waals surface area contributed by atoms with Crippen LogP contribution in [-0.2, 0) is 6.42 Å². The van der Waals surface area contributed by atoms with Crippen LogP contribution in [0.1, 0.15) is 17.5 Å². The van der Waals surface area contributed by atoms with Gasteiger partial charge in [-0.2, -0.15) is 0 Å². The summed E-state index contributed by atoms with van der Waals surface area (Å²) in [5.41, 5.74) is 15.0. The highest BCUT2D eigenvalue weighted by atomic mass is 15.0. The number of fused-ring (bicyclic) bond motifs is 8. The van der Waals surface area contributed by atoms with Crippen molar-refractivity contribution in [2.45, 2.75) is 12.8 Å². The molecule has 2 aromatic heterocycles. The van der Waals surface area contributed by atoms with Crippen LogP contribution in [0.5, 0.6) is 0 Å². The molecule has 0 bridgehead atoms. The average Bonchev–Trinajstić information content (AvgIpc) is 3.68. The molecule has 7 aromatic carbocycles. The van der Waals surface area contributed by atoms with Crippen LogP contribution in [0.25, 0.3) is 83.3 Å². The molecule has 0 saturated carbocycles. The van der Waals surface area contributed by atoms with E-state index >= 15 is 0 Å². The predicted molar refractivity (Wildman–Crippen MR) is 203 cm³/mol. The molecule has 0 aliphatic heterocycles. The molecular formula is C46H32N2. The summed E-state index contributed by atoms with van der Waals surface area (Å²) in [5, 5.41) is 5.14. The van der Waals surface area contributed by atoms with Crippen molar-refractivity contribution in [3.63, 3.8) is 0 Å². The van der Waals surface area contributed by atoms with E-state index in [2.05, 4.69) is 179 Å². The fraction of sp³-hybridized carbons (Fsp3) is 0.0435. The number of aromatic nitrogens is 2. The van der Waals surface area contributed by atoms with Gasteiger partial charge < -0.3 is 9.13 Å². The van der Waals surface area contributed by atoms with Crippen LogP contribution < -0.4 is 0 Å². The van der Waals surface area contributed by atoms with Crippen molar-refractivity contribution in [2.75, 3.05) is 0 Å². The topological polar surface area (TPSA) is 9.86 Å². The second-order valence-corrected chi connectivity index (χ2v) is 12.9. The summed E-state index contributed by atoms with van der Waals surface area (Å²) in [7, 11) is 0. The van der Waals surface area contributed by atoms with Gasteiger partial charge in [-0.05, 0) is 101 Å². The molecule has 0 atom stereocenters. The molecule has 2 heterocycles. The Hall–Kier alpha value is -6.12. The number of nitrogens with zero attached hydrogens (tertiary/aromatic N) is 2. The first-order valence-electron chi connectivity index (χ1n) is 16.8. The number of aryl methyl sites for hydroxylation is 1. The van der Waals surface area contributed by atoms with Crippen molar-refractivity contribution in [1.82, 2.24) is 9.13 Å². The van der Waals surface area contributed by atoms with E-state index in [4.69, 9.17) is 0 Å². The molecular weight excluding hydrogens is 581 g/mol. The Kier molecular flexibility index (Phi) is 6.04. The molecule has 2 nitrogen and oxygen atoms in total. The monoisotopic (exact) mass is 612 g/mol. The maximum atomic E-state index is 2.43. The molecule has 10 rings (SSSR count). The van der Waals surface area contributed by atoms with Crippen molar-refractivity contribution < 1.29 is 0 Å². The van der Waals surface area contributed by atoms with Gasteiger partial charge in [0.05, 0.1) is 22.1 Å². The molecule has 0 radical (unpaired) electrons. The van der Waals surface area contributed by atoms with Gasteiger partial charge in [-0.25, -0.2) is 0 Å². The maximum Gasteiger partial charge on any atom is 0.0548 e. The normalized spacial score (nSPS) is 12.8. The first-order valence-corrected chi connectivity index (χ1v) is 16.8. The summed E-state index contributed by atoms with van der Waals surface area (Å²) < 4.78 is 4.83. The van der Waals surface area contributed by atoms with Gasteiger partial charge >= 0.3 is 0 Å². The van der Waals surface area contributed by atoms with Crippen LogP contribution in [0, 0.1) is 0 Å². The Bertz CT molecular complexity index is 2690.